The molecule has 3 rings (SSSR count). The summed E-state index contributed by atoms with van der Waals surface area (Å²) in [5, 5.41) is 2.90. The smallest absolute Gasteiger partial charge is 0.243 e. The molecule has 1 atom stereocenters. The van der Waals surface area contributed by atoms with Crippen molar-refractivity contribution >= 4 is 47.8 Å². The SMILES string of the molecule is C[C@H](NC(=O)CN(Cc1ccccc1)S(=O)(=O)c1ccc(Br)cc1)c1ccc(Br)cc1. The van der Waals surface area contributed by atoms with Crippen LogP contribution in [0.5, 0.6) is 0 Å². The first-order valence-corrected chi connectivity index (χ1v) is 12.6. The molecule has 162 valence electrons. The van der Waals surface area contributed by atoms with Gasteiger partial charge in [0, 0.05) is 15.5 Å². The van der Waals surface area contributed by atoms with Gasteiger partial charge in [-0.2, -0.15) is 4.31 Å². The van der Waals surface area contributed by atoms with E-state index in [0.29, 0.717) is 0 Å². The van der Waals surface area contributed by atoms with Crippen molar-refractivity contribution in [2.45, 2.75) is 24.4 Å². The van der Waals surface area contributed by atoms with E-state index in [1.165, 1.54) is 16.4 Å². The molecule has 3 aromatic rings. The average Bonchev–Trinajstić information content (AvgIpc) is 2.74. The van der Waals surface area contributed by atoms with Crippen LogP contribution in [0.25, 0.3) is 0 Å². The molecule has 0 aliphatic heterocycles. The third-order valence-corrected chi connectivity index (χ3v) is 7.58. The maximum absolute atomic E-state index is 13.3. The summed E-state index contributed by atoms with van der Waals surface area (Å²) in [6.07, 6.45) is 0. The summed E-state index contributed by atoms with van der Waals surface area (Å²) in [4.78, 5) is 12.9. The molecule has 31 heavy (non-hydrogen) atoms. The summed E-state index contributed by atoms with van der Waals surface area (Å²) in [5.41, 5.74) is 1.74. The molecule has 0 spiro atoms. The molecule has 8 heteroatoms. The Morgan fingerprint density at radius 1 is 0.903 bits per heavy atom. The van der Waals surface area contributed by atoms with E-state index in [0.717, 1.165) is 20.1 Å². The molecular weight excluding hydrogens is 544 g/mol. The van der Waals surface area contributed by atoms with E-state index >= 15 is 0 Å². The van der Waals surface area contributed by atoms with E-state index in [1.54, 1.807) is 12.1 Å². The molecule has 1 amide bonds. The van der Waals surface area contributed by atoms with E-state index in [2.05, 4.69) is 37.2 Å². The van der Waals surface area contributed by atoms with E-state index in [-0.39, 0.29) is 29.9 Å². The monoisotopic (exact) mass is 564 g/mol. The number of hydrogen-bond donors (Lipinski definition) is 1. The van der Waals surface area contributed by atoms with Gasteiger partial charge in [-0.1, -0.05) is 74.3 Å². The number of sulfonamides is 1. The number of carbonyl (C=O) groups is 1. The third-order valence-electron chi connectivity index (χ3n) is 4.72. The molecule has 0 fully saturated rings. The van der Waals surface area contributed by atoms with E-state index in [4.69, 9.17) is 0 Å². The van der Waals surface area contributed by atoms with Crippen molar-refractivity contribution in [1.29, 1.82) is 0 Å². The van der Waals surface area contributed by atoms with Crippen LogP contribution in [0.15, 0.2) is 92.7 Å². The van der Waals surface area contributed by atoms with Crippen LogP contribution in [0.3, 0.4) is 0 Å². The number of carbonyl (C=O) groups excluding carboxylic acids is 1. The summed E-state index contributed by atoms with van der Waals surface area (Å²) in [5.74, 6) is -0.368. The van der Waals surface area contributed by atoms with Crippen molar-refractivity contribution < 1.29 is 13.2 Å². The highest BCUT2D eigenvalue weighted by atomic mass is 79.9. The fourth-order valence-electron chi connectivity index (χ4n) is 3.05. The molecule has 0 heterocycles. The van der Waals surface area contributed by atoms with Crippen molar-refractivity contribution in [3.63, 3.8) is 0 Å². The zero-order chi connectivity index (χ0) is 22.4. The zero-order valence-electron chi connectivity index (χ0n) is 16.8. The number of rotatable bonds is 8. The Hall–Kier alpha value is -2.00. The molecule has 0 aliphatic carbocycles. The van der Waals surface area contributed by atoms with Crippen LogP contribution >= 0.6 is 31.9 Å². The van der Waals surface area contributed by atoms with Crippen LogP contribution in [-0.4, -0.2) is 25.2 Å². The van der Waals surface area contributed by atoms with Gasteiger partial charge in [0.1, 0.15) is 0 Å². The molecule has 3 aromatic carbocycles. The largest absolute Gasteiger partial charge is 0.348 e. The van der Waals surface area contributed by atoms with Crippen molar-refractivity contribution in [3.8, 4) is 0 Å². The summed E-state index contributed by atoms with van der Waals surface area (Å²) in [6, 6.07) is 23.0. The van der Waals surface area contributed by atoms with Crippen molar-refractivity contribution in [2.75, 3.05) is 6.54 Å². The van der Waals surface area contributed by atoms with Gasteiger partial charge in [-0.3, -0.25) is 4.79 Å². The van der Waals surface area contributed by atoms with Crippen LogP contribution in [-0.2, 0) is 21.4 Å². The van der Waals surface area contributed by atoms with Gasteiger partial charge >= 0.3 is 0 Å². The minimum absolute atomic E-state index is 0.0965. The first kappa shape index (κ1) is 23.7. The Kier molecular flexibility index (Phi) is 8.05. The predicted molar refractivity (Wildman–Crippen MR) is 129 cm³/mol. The van der Waals surface area contributed by atoms with Crippen LogP contribution in [0.4, 0.5) is 0 Å². The average molecular weight is 566 g/mol. The van der Waals surface area contributed by atoms with Gasteiger partial charge in [0.15, 0.2) is 0 Å². The number of nitrogens with zero attached hydrogens (tertiary/aromatic N) is 1. The van der Waals surface area contributed by atoms with Crippen molar-refractivity contribution in [3.05, 3.63) is 98.9 Å². The van der Waals surface area contributed by atoms with Gasteiger partial charge in [-0.25, -0.2) is 8.42 Å². The van der Waals surface area contributed by atoms with Crippen LogP contribution in [0.1, 0.15) is 24.1 Å². The quantitative estimate of drug-likeness (QED) is 0.404. The third kappa shape index (κ3) is 6.49. The summed E-state index contributed by atoms with van der Waals surface area (Å²) in [6.45, 7) is 1.68. The van der Waals surface area contributed by atoms with Gasteiger partial charge in [-0.05, 0) is 54.4 Å². The van der Waals surface area contributed by atoms with Crippen molar-refractivity contribution in [1.82, 2.24) is 9.62 Å². The Morgan fingerprint density at radius 3 is 2.03 bits per heavy atom. The second-order valence-electron chi connectivity index (χ2n) is 7.05. The molecule has 0 bridgehead atoms. The standard InChI is InChI=1S/C23H22Br2N2O3S/c1-17(19-7-9-20(24)10-8-19)26-23(28)16-27(15-18-5-3-2-4-6-18)31(29,30)22-13-11-21(25)12-14-22/h2-14,17H,15-16H2,1H3,(H,26,28)/t17-/m0/s1. The second-order valence-corrected chi connectivity index (χ2v) is 10.8. The highest BCUT2D eigenvalue weighted by molar-refractivity contribution is 9.10. The van der Waals surface area contributed by atoms with E-state index < -0.39 is 10.0 Å². The van der Waals surface area contributed by atoms with Crippen LogP contribution in [0.2, 0.25) is 0 Å². The summed E-state index contributed by atoms with van der Waals surface area (Å²) < 4.78 is 29.5. The number of hydrogen-bond acceptors (Lipinski definition) is 3. The zero-order valence-corrected chi connectivity index (χ0v) is 20.8. The maximum Gasteiger partial charge on any atom is 0.243 e. The second kappa shape index (κ2) is 10.5. The van der Waals surface area contributed by atoms with Crippen molar-refractivity contribution in [2.24, 2.45) is 0 Å². The summed E-state index contributed by atoms with van der Waals surface area (Å²) >= 11 is 6.72. The fraction of sp³-hybridized carbons (Fsp3) is 0.174. The lowest BCUT2D eigenvalue weighted by molar-refractivity contribution is -0.122. The lowest BCUT2D eigenvalue weighted by atomic mass is 10.1. The van der Waals surface area contributed by atoms with Crippen LogP contribution in [0, 0.1) is 0 Å². The highest BCUT2D eigenvalue weighted by Gasteiger charge is 2.27. The van der Waals surface area contributed by atoms with E-state index in [1.807, 2.05) is 61.5 Å². The van der Waals surface area contributed by atoms with Gasteiger partial charge in [-0.15, -0.1) is 0 Å². The Labute approximate surface area is 199 Å². The lowest BCUT2D eigenvalue weighted by Crippen LogP contribution is -2.41. The topological polar surface area (TPSA) is 66.5 Å². The highest BCUT2D eigenvalue weighted by Crippen LogP contribution is 2.21. The molecular formula is C23H22Br2N2O3S. The Balaban J connectivity index is 1.81. The predicted octanol–water partition coefficient (Wildman–Crippen LogP) is 5.28. The normalized spacial score (nSPS) is 12.5. The molecule has 0 unspecified atom stereocenters. The summed E-state index contributed by atoms with van der Waals surface area (Å²) in [7, 11) is -3.87. The van der Waals surface area contributed by atoms with Crippen LogP contribution < -0.4 is 5.32 Å². The Morgan fingerprint density at radius 2 is 1.45 bits per heavy atom. The van der Waals surface area contributed by atoms with Gasteiger partial charge in [0.2, 0.25) is 15.9 Å². The molecule has 1 N–H and O–H groups in total. The molecule has 0 radical (unpaired) electrons. The Bertz CT molecular complexity index is 1120. The minimum Gasteiger partial charge on any atom is -0.348 e. The molecule has 0 saturated carbocycles. The molecule has 0 aliphatic rings. The first-order chi connectivity index (χ1) is 14.8. The molecule has 0 aromatic heterocycles. The van der Waals surface area contributed by atoms with Gasteiger partial charge in [0.05, 0.1) is 17.5 Å². The number of halogens is 2. The molecule has 0 saturated heterocycles. The fourth-order valence-corrected chi connectivity index (χ4v) is 4.96. The van der Waals surface area contributed by atoms with E-state index in [9.17, 15) is 13.2 Å². The first-order valence-electron chi connectivity index (χ1n) is 9.60. The minimum atomic E-state index is -3.87. The van der Waals surface area contributed by atoms with Gasteiger partial charge in [0.25, 0.3) is 0 Å². The maximum atomic E-state index is 13.3. The number of nitrogens with one attached hydrogen (secondary N) is 1. The lowest BCUT2D eigenvalue weighted by Gasteiger charge is -2.23. The molecule has 5 nitrogen and oxygen atoms in total. The van der Waals surface area contributed by atoms with Gasteiger partial charge < -0.3 is 5.32 Å². The number of benzene rings is 3. The number of amides is 1.